The van der Waals surface area contributed by atoms with Gasteiger partial charge in [0.2, 0.25) is 0 Å². The Balaban J connectivity index is 2.14. The molecule has 0 saturated carbocycles. The lowest BCUT2D eigenvalue weighted by atomic mass is 9.62. The van der Waals surface area contributed by atoms with Crippen molar-refractivity contribution in [3.05, 3.63) is 23.8 Å². The topological polar surface area (TPSA) is 102 Å². The number of ether oxygens (including phenoxy) is 3. The van der Waals surface area contributed by atoms with Crippen molar-refractivity contribution >= 4 is 11.9 Å². The molecular weight excluding hydrogens is 424 g/mol. The third-order valence-electron chi connectivity index (χ3n) is 7.93. The van der Waals surface area contributed by atoms with Crippen LogP contribution in [0.4, 0.5) is 0 Å². The molecule has 1 aliphatic carbocycles. The van der Waals surface area contributed by atoms with E-state index >= 15 is 0 Å². The second-order valence-corrected chi connectivity index (χ2v) is 10.5. The van der Waals surface area contributed by atoms with Crippen LogP contribution in [0.25, 0.3) is 0 Å². The number of carbonyl (C=O) groups excluding carboxylic acids is 2. The van der Waals surface area contributed by atoms with E-state index in [-0.39, 0.29) is 30.8 Å². The van der Waals surface area contributed by atoms with Crippen LogP contribution in [0.1, 0.15) is 67.2 Å². The summed E-state index contributed by atoms with van der Waals surface area (Å²) >= 11 is 0. The summed E-state index contributed by atoms with van der Waals surface area (Å²) in [5.41, 5.74) is 0.485. The minimum Gasteiger partial charge on any atom is -0.456 e. The Labute approximate surface area is 197 Å². The summed E-state index contributed by atoms with van der Waals surface area (Å²) in [5.74, 6) is -0.527. The summed E-state index contributed by atoms with van der Waals surface area (Å²) in [6, 6.07) is 0. The summed E-state index contributed by atoms with van der Waals surface area (Å²) in [7, 11) is 0. The van der Waals surface area contributed by atoms with Gasteiger partial charge in [-0.2, -0.15) is 0 Å². The van der Waals surface area contributed by atoms with Crippen molar-refractivity contribution in [2.24, 2.45) is 23.7 Å². The minimum atomic E-state index is -1.34. The Bertz CT molecular complexity index is 802. The first kappa shape index (κ1) is 25.9. The van der Waals surface area contributed by atoms with Crippen LogP contribution in [0, 0.1) is 23.7 Å². The van der Waals surface area contributed by atoms with Crippen molar-refractivity contribution in [2.75, 3.05) is 0 Å². The highest BCUT2D eigenvalue weighted by molar-refractivity contribution is 5.74. The van der Waals surface area contributed by atoms with Crippen molar-refractivity contribution in [2.45, 2.75) is 103 Å². The van der Waals surface area contributed by atoms with Gasteiger partial charge in [0.1, 0.15) is 12.2 Å². The van der Waals surface area contributed by atoms with Gasteiger partial charge in [-0.15, -0.1) is 0 Å². The predicted molar refractivity (Wildman–Crippen MR) is 123 cm³/mol. The Kier molecular flexibility index (Phi) is 7.76. The van der Waals surface area contributed by atoms with Gasteiger partial charge in [-0.1, -0.05) is 39.0 Å². The lowest BCUT2D eigenvalue weighted by Gasteiger charge is -2.46. The van der Waals surface area contributed by atoms with E-state index in [1.165, 1.54) is 12.5 Å². The van der Waals surface area contributed by atoms with Crippen LogP contribution in [-0.4, -0.2) is 58.3 Å². The molecule has 0 unspecified atom stereocenters. The fourth-order valence-electron chi connectivity index (χ4n) is 6.08. The monoisotopic (exact) mass is 464 g/mol. The summed E-state index contributed by atoms with van der Waals surface area (Å²) in [4.78, 5) is 25.0. The molecule has 33 heavy (non-hydrogen) atoms. The van der Waals surface area contributed by atoms with Crippen LogP contribution in [-0.2, 0) is 23.8 Å². The third kappa shape index (κ3) is 4.91. The number of hydrogen-bond acceptors (Lipinski definition) is 7. The molecule has 2 saturated heterocycles. The van der Waals surface area contributed by atoms with E-state index in [9.17, 15) is 19.8 Å². The molecule has 7 nitrogen and oxygen atoms in total. The molecule has 3 aliphatic rings. The molecule has 0 radical (unpaired) electrons. The van der Waals surface area contributed by atoms with Crippen molar-refractivity contribution in [3.63, 3.8) is 0 Å². The maximum Gasteiger partial charge on any atom is 0.335 e. The van der Waals surface area contributed by atoms with Gasteiger partial charge in [-0.3, -0.25) is 4.79 Å². The summed E-state index contributed by atoms with van der Waals surface area (Å²) in [6.07, 6.45) is -0.185. The first-order valence-electron chi connectivity index (χ1n) is 12.2. The van der Waals surface area contributed by atoms with Gasteiger partial charge in [0, 0.05) is 25.2 Å². The second-order valence-electron chi connectivity index (χ2n) is 10.5. The number of aliphatic hydroxyl groups excluding tert-OH is 2. The average molecular weight is 465 g/mol. The van der Waals surface area contributed by atoms with Gasteiger partial charge in [-0.05, 0) is 50.5 Å². The van der Waals surface area contributed by atoms with Crippen LogP contribution >= 0.6 is 0 Å². The number of fused-ring (bicyclic) bond motifs is 5. The number of aliphatic hydroxyl groups is 2. The zero-order chi connectivity index (χ0) is 24.7. The van der Waals surface area contributed by atoms with Crippen molar-refractivity contribution in [3.8, 4) is 0 Å². The van der Waals surface area contributed by atoms with Gasteiger partial charge >= 0.3 is 11.9 Å². The SMILES string of the molecule is C=C1C[C@H]2O[C@H]([C@H]3[C@@H]2C(C)=CC[C@@H]3C(C)C)[C@](C)(OC(C)=O)[C@@H](OC(=O)[C@H](O)CC)C[C@@H]1O. The molecule has 2 heterocycles. The molecule has 9 atom stereocenters. The Morgan fingerprint density at radius 2 is 2.03 bits per heavy atom. The van der Waals surface area contributed by atoms with Crippen LogP contribution in [0.15, 0.2) is 23.8 Å². The summed E-state index contributed by atoms with van der Waals surface area (Å²) < 4.78 is 18.4. The molecule has 0 aromatic heterocycles. The van der Waals surface area contributed by atoms with E-state index in [1.807, 2.05) is 0 Å². The van der Waals surface area contributed by atoms with Gasteiger partial charge < -0.3 is 24.4 Å². The third-order valence-corrected chi connectivity index (χ3v) is 7.93. The lowest BCUT2D eigenvalue weighted by molar-refractivity contribution is -0.216. The first-order chi connectivity index (χ1) is 15.4. The molecule has 0 aromatic rings. The number of allylic oxidation sites excluding steroid dienone is 1. The highest BCUT2D eigenvalue weighted by atomic mass is 16.6. The van der Waals surface area contributed by atoms with Crippen LogP contribution in [0.3, 0.4) is 0 Å². The van der Waals surface area contributed by atoms with Gasteiger partial charge in [0.15, 0.2) is 11.7 Å². The van der Waals surface area contributed by atoms with Crippen LogP contribution < -0.4 is 0 Å². The average Bonchev–Trinajstić information content (AvgIpc) is 3.12. The Morgan fingerprint density at radius 1 is 1.36 bits per heavy atom. The van der Waals surface area contributed by atoms with Crippen molar-refractivity contribution < 1.29 is 34.0 Å². The van der Waals surface area contributed by atoms with E-state index in [2.05, 4.69) is 33.4 Å². The number of rotatable bonds is 5. The normalized spacial score (nSPS) is 39.6. The number of esters is 2. The minimum absolute atomic E-state index is 0.00984. The van der Waals surface area contributed by atoms with Gasteiger partial charge in [0.25, 0.3) is 0 Å². The molecule has 7 heteroatoms. The standard InChI is InChI=1S/C26H40O7/c1-8-18(28)25(30)32-21-12-19(29)15(5)11-20-22-14(4)9-10-17(13(2)3)23(22)24(31-20)26(21,7)33-16(6)27/h9,13,17-24,28-29H,5,8,10-12H2,1-4,6-7H3/t17-,18-,19+,20-,21+,22-,23-,24-,26-/m1/s1. The Hall–Kier alpha value is -1.70. The molecule has 2 N–H and O–H groups in total. The van der Waals surface area contributed by atoms with Crippen molar-refractivity contribution in [1.29, 1.82) is 0 Å². The molecule has 0 spiro atoms. The molecule has 186 valence electrons. The fraction of sp³-hybridized carbons (Fsp3) is 0.769. The smallest absolute Gasteiger partial charge is 0.335 e. The van der Waals surface area contributed by atoms with E-state index in [1.54, 1.807) is 13.8 Å². The molecule has 0 aromatic carbocycles. The Morgan fingerprint density at radius 3 is 2.61 bits per heavy atom. The maximum atomic E-state index is 12.6. The highest BCUT2D eigenvalue weighted by Crippen LogP contribution is 2.54. The largest absolute Gasteiger partial charge is 0.456 e. The molecule has 2 fully saturated rings. The van der Waals surface area contributed by atoms with Crippen molar-refractivity contribution in [1.82, 2.24) is 0 Å². The zero-order valence-corrected chi connectivity index (χ0v) is 20.7. The van der Waals surface area contributed by atoms with Gasteiger partial charge in [0.05, 0.1) is 12.2 Å². The number of carbonyl (C=O) groups is 2. The van der Waals surface area contributed by atoms with E-state index in [0.717, 1.165) is 6.42 Å². The summed E-state index contributed by atoms with van der Waals surface area (Å²) in [6.45, 7) is 15.3. The number of hydrogen-bond donors (Lipinski definition) is 2. The van der Waals surface area contributed by atoms with Crippen LogP contribution in [0.2, 0.25) is 0 Å². The maximum absolute atomic E-state index is 12.6. The molecule has 3 rings (SSSR count). The zero-order valence-electron chi connectivity index (χ0n) is 20.7. The van der Waals surface area contributed by atoms with Crippen LogP contribution in [0.5, 0.6) is 0 Å². The molecule has 2 aliphatic heterocycles. The fourth-order valence-corrected chi connectivity index (χ4v) is 6.08. The van der Waals surface area contributed by atoms with Gasteiger partial charge in [-0.25, -0.2) is 4.79 Å². The molecule has 2 bridgehead atoms. The second kappa shape index (κ2) is 9.88. The van der Waals surface area contributed by atoms with E-state index in [4.69, 9.17) is 14.2 Å². The van der Waals surface area contributed by atoms with E-state index < -0.39 is 42.0 Å². The highest BCUT2D eigenvalue weighted by Gasteiger charge is 2.61. The first-order valence-corrected chi connectivity index (χ1v) is 12.2. The molecular formula is C26H40O7. The predicted octanol–water partition coefficient (Wildman–Crippen LogP) is 3.32. The molecule has 0 amide bonds. The lowest BCUT2D eigenvalue weighted by Crippen LogP contribution is -2.59. The van der Waals surface area contributed by atoms with E-state index in [0.29, 0.717) is 23.8 Å². The quantitative estimate of drug-likeness (QED) is 0.475. The summed E-state index contributed by atoms with van der Waals surface area (Å²) in [5, 5.41) is 21.0.